The highest BCUT2D eigenvalue weighted by Gasteiger charge is 2.34. The minimum Gasteiger partial charge on any atom is -0.463 e. The van der Waals surface area contributed by atoms with Gasteiger partial charge in [0.15, 0.2) is 10.9 Å². The number of aromatic nitrogens is 2. The van der Waals surface area contributed by atoms with E-state index < -0.39 is 17.8 Å². The summed E-state index contributed by atoms with van der Waals surface area (Å²) < 4.78 is 44.5. The van der Waals surface area contributed by atoms with E-state index in [0.717, 1.165) is 17.8 Å². The minimum absolute atomic E-state index is 0.0341. The zero-order valence-corrected chi connectivity index (χ0v) is 16.1. The molecule has 0 aliphatic heterocycles. The van der Waals surface area contributed by atoms with Crippen molar-refractivity contribution in [3.63, 3.8) is 0 Å². The van der Waals surface area contributed by atoms with Gasteiger partial charge >= 0.3 is 6.18 Å². The molecule has 0 unspecified atom stereocenters. The zero-order valence-electron chi connectivity index (χ0n) is 13.8. The number of nitrogens with one attached hydrogen (secondary N) is 1. The highest BCUT2D eigenvalue weighted by atomic mass is 35.5. The van der Waals surface area contributed by atoms with Crippen LogP contribution in [0.1, 0.15) is 5.69 Å². The molecule has 3 rings (SSSR count). The van der Waals surface area contributed by atoms with Crippen LogP contribution in [0.4, 0.5) is 18.9 Å². The van der Waals surface area contributed by atoms with Crippen molar-refractivity contribution in [1.82, 2.24) is 9.97 Å². The second-order valence-corrected chi connectivity index (χ2v) is 7.14. The number of nitrogens with zero attached hydrogens (tertiary/aromatic N) is 2. The highest BCUT2D eigenvalue weighted by Crippen LogP contribution is 2.32. The van der Waals surface area contributed by atoms with Crippen molar-refractivity contribution < 1.29 is 22.4 Å². The Labute approximate surface area is 171 Å². The predicted molar refractivity (Wildman–Crippen MR) is 101 cm³/mol. The lowest BCUT2D eigenvalue weighted by atomic mass is 10.2. The molecular weight excluding hydrogens is 438 g/mol. The summed E-state index contributed by atoms with van der Waals surface area (Å²) in [4.78, 5) is 19.6. The first-order valence-electron chi connectivity index (χ1n) is 7.60. The lowest BCUT2D eigenvalue weighted by Crippen LogP contribution is -2.15. The van der Waals surface area contributed by atoms with Crippen molar-refractivity contribution in [1.29, 1.82) is 0 Å². The molecule has 1 N–H and O–H groups in total. The SMILES string of the molecule is O=C(CSc1nc(-c2ccco2)cc(C(F)(F)F)n1)Nc1cc(Cl)ccc1Cl. The Morgan fingerprint density at radius 2 is 1.96 bits per heavy atom. The minimum atomic E-state index is -4.67. The van der Waals surface area contributed by atoms with Crippen LogP contribution in [-0.2, 0) is 11.0 Å². The third-order valence-corrected chi connectivity index (χ3v) is 4.72. The number of carbonyl (C=O) groups excluding carboxylic acids is 1. The summed E-state index contributed by atoms with van der Waals surface area (Å²) in [5, 5.41) is 2.97. The molecule has 0 fully saturated rings. The summed E-state index contributed by atoms with van der Waals surface area (Å²) in [5.41, 5.74) is -0.871. The van der Waals surface area contributed by atoms with Crippen molar-refractivity contribution in [2.24, 2.45) is 0 Å². The Morgan fingerprint density at radius 1 is 1.18 bits per heavy atom. The second-order valence-electron chi connectivity index (χ2n) is 5.36. The van der Waals surface area contributed by atoms with E-state index in [4.69, 9.17) is 27.6 Å². The van der Waals surface area contributed by atoms with E-state index in [0.29, 0.717) is 10.7 Å². The van der Waals surface area contributed by atoms with Gasteiger partial charge < -0.3 is 9.73 Å². The Bertz CT molecular complexity index is 998. The summed E-state index contributed by atoms with van der Waals surface area (Å²) >= 11 is 12.6. The molecule has 1 aromatic carbocycles. The lowest BCUT2D eigenvalue weighted by molar-refractivity contribution is -0.141. The molecule has 2 heterocycles. The molecule has 0 bridgehead atoms. The van der Waals surface area contributed by atoms with E-state index in [1.807, 2.05) is 0 Å². The fourth-order valence-electron chi connectivity index (χ4n) is 2.10. The number of rotatable bonds is 5. The number of hydrogen-bond acceptors (Lipinski definition) is 5. The maximum absolute atomic E-state index is 13.1. The van der Waals surface area contributed by atoms with E-state index in [9.17, 15) is 18.0 Å². The van der Waals surface area contributed by atoms with Crippen LogP contribution in [0, 0.1) is 0 Å². The molecule has 0 saturated carbocycles. The van der Waals surface area contributed by atoms with Gasteiger partial charge in [-0.05, 0) is 36.4 Å². The zero-order chi connectivity index (χ0) is 20.3. The van der Waals surface area contributed by atoms with Crippen LogP contribution in [0.2, 0.25) is 10.0 Å². The predicted octanol–water partition coefficient (Wildman–Crippen LogP) is 5.79. The summed E-state index contributed by atoms with van der Waals surface area (Å²) in [6.07, 6.45) is -3.35. The van der Waals surface area contributed by atoms with E-state index in [-0.39, 0.29) is 27.4 Å². The Hall–Kier alpha value is -2.23. The van der Waals surface area contributed by atoms with Crippen molar-refractivity contribution in [2.45, 2.75) is 11.3 Å². The molecule has 0 saturated heterocycles. The normalized spacial score (nSPS) is 11.5. The van der Waals surface area contributed by atoms with E-state index >= 15 is 0 Å². The fraction of sp³-hybridized carbons (Fsp3) is 0.118. The van der Waals surface area contributed by atoms with Crippen molar-refractivity contribution in [2.75, 3.05) is 11.1 Å². The molecule has 0 aliphatic rings. The number of hydrogen-bond donors (Lipinski definition) is 1. The number of halogens is 5. The maximum atomic E-state index is 13.1. The summed E-state index contributed by atoms with van der Waals surface area (Å²) in [7, 11) is 0. The molecule has 146 valence electrons. The molecular formula is C17H10Cl2F3N3O2S. The second kappa shape index (κ2) is 8.42. The first-order valence-corrected chi connectivity index (χ1v) is 9.34. The van der Waals surface area contributed by atoms with E-state index in [1.54, 1.807) is 6.07 Å². The van der Waals surface area contributed by atoms with Gasteiger partial charge in [-0.1, -0.05) is 35.0 Å². The largest absolute Gasteiger partial charge is 0.463 e. The van der Waals surface area contributed by atoms with Gasteiger partial charge in [0.25, 0.3) is 0 Å². The van der Waals surface area contributed by atoms with Gasteiger partial charge in [0.05, 0.1) is 22.7 Å². The summed E-state index contributed by atoms with van der Waals surface area (Å²) in [6.45, 7) is 0. The Morgan fingerprint density at radius 3 is 2.64 bits per heavy atom. The topological polar surface area (TPSA) is 68.0 Å². The average Bonchev–Trinajstić information content (AvgIpc) is 3.17. The van der Waals surface area contributed by atoms with Crippen LogP contribution in [-0.4, -0.2) is 21.6 Å². The summed E-state index contributed by atoms with van der Waals surface area (Å²) in [5.74, 6) is -0.582. The molecule has 0 spiro atoms. The van der Waals surface area contributed by atoms with Crippen LogP contribution < -0.4 is 5.32 Å². The van der Waals surface area contributed by atoms with Gasteiger partial charge in [0.2, 0.25) is 5.91 Å². The van der Waals surface area contributed by atoms with Gasteiger partial charge in [-0.3, -0.25) is 4.79 Å². The smallest absolute Gasteiger partial charge is 0.433 e. The van der Waals surface area contributed by atoms with Gasteiger partial charge in [0, 0.05) is 5.02 Å². The van der Waals surface area contributed by atoms with Crippen LogP contribution in [0.15, 0.2) is 52.2 Å². The third-order valence-electron chi connectivity index (χ3n) is 3.30. The number of benzene rings is 1. The van der Waals surface area contributed by atoms with Gasteiger partial charge in [-0.25, -0.2) is 9.97 Å². The van der Waals surface area contributed by atoms with Crippen molar-refractivity contribution in [3.8, 4) is 11.5 Å². The maximum Gasteiger partial charge on any atom is 0.433 e. The number of furan rings is 1. The first kappa shape index (κ1) is 20.5. The standard InChI is InChI=1S/C17H10Cl2F3N3O2S/c18-9-3-4-10(19)11(6-9)23-15(26)8-28-16-24-12(13-2-1-5-27-13)7-14(25-16)17(20,21)22/h1-7H,8H2,(H,23,26). The van der Waals surface area contributed by atoms with Crippen LogP contribution in [0.3, 0.4) is 0 Å². The Kier molecular flexibility index (Phi) is 6.17. The summed E-state index contributed by atoms with van der Waals surface area (Å²) in [6, 6.07) is 8.32. The quantitative estimate of drug-likeness (QED) is 0.395. The van der Waals surface area contributed by atoms with Crippen LogP contribution in [0.5, 0.6) is 0 Å². The molecule has 0 aliphatic carbocycles. The fourth-order valence-corrected chi connectivity index (χ4v) is 3.09. The third kappa shape index (κ3) is 5.18. The first-order chi connectivity index (χ1) is 13.2. The van der Waals surface area contributed by atoms with Crippen LogP contribution in [0.25, 0.3) is 11.5 Å². The lowest BCUT2D eigenvalue weighted by Gasteiger charge is -2.10. The number of alkyl halides is 3. The molecule has 3 aromatic rings. The molecule has 0 radical (unpaired) electrons. The van der Waals surface area contributed by atoms with Crippen molar-refractivity contribution in [3.05, 3.63) is 58.4 Å². The number of carbonyl (C=O) groups is 1. The number of amides is 1. The van der Waals surface area contributed by atoms with Gasteiger partial charge in [-0.15, -0.1) is 0 Å². The molecule has 0 atom stereocenters. The number of anilines is 1. The molecule has 2 aromatic heterocycles. The van der Waals surface area contributed by atoms with Gasteiger partial charge in [0.1, 0.15) is 11.4 Å². The van der Waals surface area contributed by atoms with E-state index in [1.165, 1.54) is 30.5 Å². The monoisotopic (exact) mass is 447 g/mol. The molecule has 1 amide bonds. The molecule has 11 heteroatoms. The van der Waals surface area contributed by atoms with E-state index in [2.05, 4.69) is 15.3 Å². The average molecular weight is 448 g/mol. The van der Waals surface area contributed by atoms with Crippen LogP contribution >= 0.6 is 35.0 Å². The van der Waals surface area contributed by atoms with Gasteiger partial charge in [-0.2, -0.15) is 13.2 Å². The highest BCUT2D eigenvalue weighted by molar-refractivity contribution is 7.99. The molecule has 5 nitrogen and oxygen atoms in total. The van der Waals surface area contributed by atoms with Crippen molar-refractivity contribution >= 4 is 46.6 Å². The Balaban J connectivity index is 1.77. The number of thioether (sulfide) groups is 1. The molecule has 28 heavy (non-hydrogen) atoms.